The van der Waals surface area contributed by atoms with E-state index in [1.165, 1.54) is 30.2 Å². The predicted octanol–water partition coefficient (Wildman–Crippen LogP) is 2.91. The smallest absolute Gasteiger partial charge is 0.406 e. The molecule has 8 nitrogen and oxygen atoms in total. The monoisotopic (exact) mass is 408 g/mol. The summed E-state index contributed by atoms with van der Waals surface area (Å²) in [5, 5.41) is 2.52. The van der Waals surface area contributed by atoms with Gasteiger partial charge >= 0.3 is 12.4 Å². The fourth-order valence-electron chi connectivity index (χ4n) is 2.77. The zero-order chi connectivity index (χ0) is 21.2. The third-order valence-electron chi connectivity index (χ3n) is 3.87. The van der Waals surface area contributed by atoms with Gasteiger partial charge in [-0.3, -0.25) is 9.59 Å². The first kappa shape index (κ1) is 20.1. The van der Waals surface area contributed by atoms with E-state index >= 15 is 0 Å². The molecule has 1 aromatic heterocycles. The predicted molar refractivity (Wildman–Crippen MR) is 95.0 cm³/mol. The van der Waals surface area contributed by atoms with E-state index < -0.39 is 24.1 Å². The molecule has 1 aliphatic heterocycles. The van der Waals surface area contributed by atoms with Crippen molar-refractivity contribution >= 4 is 29.4 Å². The van der Waals surface area contributed by atoms with Gasteiger partial charge < -0.3 is 15.0 Å². The highest BCUT2D eigenvalue weighted by atomic mass is 19.4. The number of halogens is 3. The van der Waals surface area contributed by atoms with Gasteiger partial charge in [0.1, 0.15) is 18.1 Å². The van der Waals surface area contributed by atoms with Gasteiger partial charge in [-0.1, -0.05) is 0 Å². The maximum Gasteiger partial charge on any atom is 0.573 e. The Kier molecular flexibility index (Phi) is 5.39. The molecule has 1 fully saturated rings. The Balaban J connectivity index is 1.72. The molecular weight excluding hydrogens is 393 g/mol. The molecule has 1 aliphatic rings. The number of hydrogen-bond acceptors (Lipinski definition) is 5. The molecule has 2 aromatic rings. The Labute approximate surface area is 162 Å². The normalized spacial score (nSPS) is 14.3. The highest BCUT2D eigenvalue weighted by Crippen LogP contribution is 2.28. The minimum absolute atomic E-state index is 0.0887. The number of nitrogens with zero attached hydrogens (tertiary/aromatic N) is 3. The summed E-state index contributed by atoms with van der Waals surface area (Å²) in [6, 6.07) is 7.03. The minimum Gasteiger partial charge on any atom is -0.406 e. The summed E-state index contributed by atoms with van der Waals surface area (Å²) in [5.74, 6) is -0.966. The van der Waals surface area contributed by atoms with Crippen LogP contribution in [0.3, 0.4) is 0 Å². The van der Waals surface area contributed by atoms with Crippen LogP contribution in [0.1, 0.15) is 12.5 Å². The molecule has 1 saturated heterocycles. The number of carbonyl (C=O) groups excluding carboxylic acids is 3. The topological polar surface area (TPSA) is 91.8 Å². The third kappa shape index (κ3) is 5.00. The molecule has 0 unspecified atom stereocenters. The fourth-order valence-corrected chi connectivity index (χ4v) is 2.77. The van der Waals surface area contributed by atoms with E-state index in [1.54, 1.807) is 12.1 Å². The number of pyridine rings is 1. The van der Waals surface area contributed by atoms with Gasteiger partial charge in [-0.05, 0) is 42.0 Å². The summed E-state index contributed by atoms with van der Waals surface area (Å²) in [6.45, 7) is 1.22. The maximum absolute atomic E-state index is 12.6. The number of benzene rings is 1. The van der Waals surface area contributed by atoms with Gasteiger partial charge in [0.25, 0.3) is 5.91 Å². The zero-order valence-electron chi connectivity index (χ0n) is 15.1. The van der Waals surface area contributed by atoms with Crippen LogP contribution >= 0.6 is 0 Å². The Morgan fingerprint density at radius 2 is 1.90 bits per heavy atom. The van der Waals surface area contributed by atoms with Crippen LogP contribution in [0.25, 0.3) is 0 Å². The van der Waals surface area contributed by atoms with Crippen molar-refractivity contribution in [3.8, 4) is 5.75 Å². The van der Waals surface area contributed by atoms with E-state index in [1.807, 2.05) is 0 Å². The van der Waals surface area contributed by atoms with Crippen molar-refractivity contribution in [1.82, 2.24) is 9.88 Å². The number of aromatic nitrogens is 1. The highest BCUT2D eigenvalue weighted by molar-refractivity contribution is 6.19. The van der Waals surface area contributed by atoms with Crippen molar-refractivity contribution in [2.75, 3.05) is 16.8 Å². The SMILES string of the molecule is CC(=O)Nc1cc(CN2CC(=O)N(c3ccc(OC(F)(F)F)cc3)C2=O)ccn1. The summed E-state index contributed by atoms with van der Waals surface area (Å²) in [4.78, 5) is 42.2. The van der Waals surface area contributed by atoms with Crippen LogP contribution in [-0.4, -0.2) is 40.6 Å². The molecule has 1 aromatic carbocycles. The van der Waals surface area contributed by atoms with E-state index in [-0.39, 0.29) is 24.7 Å². The summed E-state index contributed by atoms with van der Waals surface area (Å²) in [7, 11) is 0. The van der Waals surface area contributed by atoms with Gasteiger partial charge in [0.15, 0.2) is 0 Å². The molecule has 1 N–H and O–H groups in total. The number of carbonyl (C=O) groups is 3. The molecular formula is C18H15F3N4O4. The second-order valence-corrected chi connectivity index (χ2v) is 6.14. The molecule has 4 amide bonds. The van der Waals surface area contributed by atoms with Crippen molar-refractivity contribution in [2.24, 2.45) is 0 Å². The number of nitrogens with one attached hydrogen (secondary N) is 1. The van der Waals surface area contributed by atoms with Crippen LogP contribution in [0.15, 0.2) is 42.6 Å². The van der Waals surface area contributed by atoms with E-state index in [2.05, 4.69) is 15.0 Å². The first-order valence-electron chi connectivity index (χ1n) is 8.32. The molecule has 2 heterocycles. The summed E-state index contributed by atoms with van der Waals surface area (Å²) < 4.78 is 40.5. The molecule has 0 saturated carbocycles. The molecule has 0 atom stereocenters. The standard InChI is InChI=1S/C18H15F3N4O4/c1-11(26)23-15-8-12(6-7-22-15)9-24-10-16(27)25(17(24)28)13-2-4-14(5-3-13)29-18(19,20)21/h2-8H,9-10H2,1H3,(H,22,23,26). The van der Waals surface area contributed by atoms with Gasteiger partial charge in [-0.2, -0.15) is 0 Å². The lowest BCUT2D eigenvalue weighted by molar-refractivity contribution is -0.274. The molecule has 0 bridgehead atoms. The van der Waals surface area contributed by atoms with Crippen LogP contribution in [-0.2, 0) is 16.1 Å². The van der Waals surface area contributed by atoms with Gasteiger partial charge in [-0.15, -0.1) is 13.2 Å². The molecule has 0 spiro atoms. The second-order valence-electron chi connectivity index (χ2n) is 6.14. The minimum atomic E-state index is -4.84. The molecule has 0 radical (unpaired) electrons. The average molecular weight is 408 g/mol. The second kappa shape index (κ2) is 7.78. The van der Waals surface area contributed by atoms with Gasteiger partial charge in [-0.25, -0.2) is 14.7 Å². The Morgan fingerprint density at radius 1 is 1.21 bits per heavy atom. The van der Waals surface area contributed by atoms with Crippen LogP contribution < -0.4 is 15.0 Å². The molecule has 3 rings (SSSR count). The number of ether oxygens (including phenoxy) is 1. The number of alkyl halides is 3. The van der Waals surface area contributed by atoms with E-state index in [4.69, 9.17) is 0 Å². The molecule has 0 aliphatic carbocycles. The number of anilines is 2. The van der Waals surface area contributed by atoms with Gasteiger partial charge in [0, 0.05) is 19.7 Å². The van der Waals surface area contributed by atoms with Crippen molar-refractivity contribution in [3.05, 3.63) is 48.2 Å². The van der Waals surface area contributed by atoms with Crippen molar-refractivity contribution in [2.45, 2.75) is 19.8 Å². The van der Waals surface area contributed by atoms with Crippen LogP contribution in [0, 0.1) is 0 Å². The van der Waals surface area contributed by atoms with Crippen LogP contribution in [0.2, 0.25) is 0 Å². The lowest BCUT2D eigenvalue weighted by atomic mass is 10.2. The number of urea groups is 1. The number of imide groups is 1. The first-order valence-corrected chi connectivity index (χ1v) is 8.32. The number of rotatable bonds is 5. The Bertz CT molecular complexity index is 947. The van der Waals surface area contributed by atoms with Crippen molar-refractivity contribution in [1.29, 1.82) is 0 Å². The molecule has 29 heavy (non-hydrogen) atoms. The summed E-state index contributed by atoms with van der Waals surface area (Å²) >= 11 is 0. The van der Waals surface area contributed by atoms with Gasteiger partial charge in [0.05, 0.1) is 5.69 Å². The third-order valence-corrected chi connectivity index (χ3v) is 3.87. The van der Waals surface area contributed by atoms with E-state index in [9.17, 15) is 27.6 Å². The van der Waals surface area contributed by atoms with Crippen LogP contribution in [0.4, 0.5) is 29.5 Å². The van der Waals surface area contributed by atoms with Crippen LogP contribution in [0.5, 0.6) is 5.75 Å². The first-order chi connectivity index (χ1) is 13.6. The lowest BCUT2D eigenvalue weighted by Gasteiger charge is -2.18. The molecule has 11 heteroatoms. The van der Waals surface area contributed by atoms with Gasteiger partial charge in [0.2, 0.25) is 5.91 Å². The average Bonchev–Trinajstić information content (AvgIpc) is 2.88. The van der Waals surface area contributed by atoms with Crippen molar-refractivity contribution < 1.29 is 32.3 Å². The largest absolute Gasteiger partial charge is 0.573 e. The fraction of sp³-hybridized carbons (Fsp3) is 0.222. The maximum atomic E-state index is 12.6. The number of hydrogen-bond donors (Lipinski definition) is 1. The summed E-state index contributed by atoms with van der Waals surface area (Å²) in [6.07, 6.45) is -3.38. The zero-order valence-corrected chi connectivity index (χ0v) is 15.1. The molecule has 152 valence electrons. The highest BCUT2D eigenvalue weighted by Gasteiger charge is 2.37. The number of amides is 4. The van der Waals surface area contributed by atoms with Crippen molar-refractivity contribution in [3.63, 3.8) is 0 Å². The quantitative estimate of drug-likeness (QED) is 0.769. The lowest BCUT2D eigenvalue weighted by Crippen LogP contribution is -2.32. The Morgan fingerprint density at radius 3 is 2.52 bits per heavy atom. The van der Waals surface area contributed by atoms with E-state index in [0.717, 1.165) is 17.0 Å². The summed E-state index contributed by atoms with van der Waals surface area (Å²) in [5.41, 5.74) is 0.770. The Hall–Kier alpha value is -3.63. The van der Waals surface area contributed by atoms with E-state index in [0.29, 0.717) is 11.4 Å².